The van der Waals surface area contributed by atoms with Crippen LogP contribution in [-0.4, -0.2) is 55.1 Å². The van der Waals surface area contributed by atoms with Gasteiger partial charge in [0.15, 0.2) is 0 Å². The van der Waals surface area contributed by atoms with Crippen LogP contribution in [0.4, 0.5) is 5.69 Å². The number of carbonyl (C=O) groups excluding carboxylic acids is 1. The Kier molecular flexibility index (Phi) is 8.89. The second-order valence-corrected chi connectivity index (χ2v) is 17.5. The van der Waals surface area contributed by atoms with E-state index in [-0.39, 0.29) is 28.7 Å². The molecule has 262 valence electrons. The largest absolute Gasteiger partial charge is 0.490 e. The molecule has 3 aromatic rings. The van der Waals surface area contributed by atoms with E-state index in [0.717, 1.165) is 59.8 Å². The summed E-state index contributed by atoms with van der Waals surface area (Å²) >= 11 is 6.45. The van der Waals surface area contributed by atoms with Gasteiger partial charge in [-0.2, -0.15) is 0 Å². The van der Waals surface area contributed by atoms with Crippen molar-refractivity contribution in [3.63, 3.8) is 0 Å². The number of aromatic nitrogens is 1. The number of sulfonamides is 1. The Morgan fingerprint density at radius 3 is 2.69 bits per heavy atom. The summed E-state index contributed by atoms with van der Waals surface area (Å²) in [6.45, 7) is 9.05. The number of hydrogen-bond acceptors (Lipinski definition) is 8. The molecule has 1 aromatic heterocycles. The van der Waals surface area contributed by atoms with Gasteiger partial charge in [-0.1, -0.05) is 41.9 Å². The van der Waals surface area contributed by atoms with Crippen LogP contribution < -0.4 is 14.4 Å². The molecule has 49 heavy (non-hydrogen) atoms. The maximum Gasteiger partial charge on any atom is 0.264 e. The first-order chi connectivity index (χ1) is 23.3. The Balaban J connectivity index is 1.33. The van der Waals surface area contributed by atoms with Crippen molar-refractivity contribution in [2.24, 2.45) is 17.8 Å². The SMILES string of the molecule is Cc1onc(C[C@@]2(O)/C=C/C[C@H](C)[C@@H](C)S(=O)(=O)NC(=O)c3ccc4c(c3)N(C[C@@H]3CC[C@H]32)C[C@@]2(CCCc3cc(Cl)ccc32)CO4)c1C. The van der Waals surface area contributed by atoms with E-state index < -0.39 is 26.8 Å². The molecular formula is C38H46ClN3O6S. The Labute approximate surface area is 294 Å². The van der Waals surface area contributed by atoms with Crippen molar-refractivity contribution in [3.8, 4) is 5.75 Å². The lowest BCUT2D eigenvalue weighted by Gasteiger charge is -2.49. The Hall–Kier alpha value is -3.34. The van der Waals surface area contributed by atoms with Crippen molar-refractivity contribution in [3.05, 3.63) is 87.3 Å². The number of ether oxygens (including phenoxy) is 1. The van der Waals surface area contributed by atoms with Crippen molar-refractivity contribution in [1.29, 1.82) is 0 Å². The fraction of sp³-hybridized carbons (Fsp3) is 0.526. The van der Waals surface area contributed by atoms with Crippen LogP contribution in [0.2, 0.25) is 5.02 Å². The Morgan fingerprint density at radius 2 is 1.96 bits per heavy atom. The number of fused-ring (bicyclic) bond motifs is 4. The molecule has 1 amide bonds. The van der Waals surface area contributed by atoms with Gasteiger partial charge in [-0.3, -0.25) is 4.79 Å². The molecule has 1 spiro atoms. The van der Waals surface area contributed by atoms with Gasteiger partial charge in [0.1, 0.15) is 11.5 Å². The normalized spacial score (nSPS) is 31.8. The molecule has 1 saturated carbocycles. The number of allylic oxidation sites excluding steroid dienone is 1. The number of aliphatic hydroxyl groups is 1. The summed E-state index contributed by atoms with van der Waals surface area (Å²) < 4.78 is 41.4. The fourth-order valence-electron chi connectivity index (χ4n) is 8.46. The summed E-state index contributed by atoms with van der Waals surface area (Å²) in [6.07, 6.45) is 9.15. The van der Waals surface area contributed by atoms with Gasteiger partial charge in [0.2, 0.25) is 10.0 Å². The molecule has 0 unspecified atom stereocenters. The molecule has 2 aliphatic heterocycles. The lowest BCUT2D eigenvalue weighted by atomic mass is 9.62. The van der Waals surface area contributed by atoms with Crippen LogP contribution in [0, 0.1) is 31.6 Å². The minimum Gasteiger partial charge on any atom is -0.490 e. The molecule has 1 fully saturated rings. The standard InChI is InChI=1S/C38H46ClN3O6S/c1-23-7-5-16-38(44,19-33-24(2)25(3)48-40-33)32-12-9-29(32)20-42-21-37(15-6-8-27-17-30(39)11-13-31(27)37)22-47-35-14-10-28(18-34(35)42)36(43)41-49(45,46)26(23)4/h5,10-11,13-14,16-18,23,26,29,32,44H,6-9,12,15,19-22H2,1-4H3,(H,41,43)/b16-5+/t23-,26+,29-,32+,37-,38-/m0/s1. The highest BCUT2D eigenvalue weighted by atomic mass is 35.5. The molecule has 9 nitrogen and oxygen atoms in total. The molecule has 4 aliphatic rings. The summed E-state index contributed by atoms with van der Waals surface area (Å²) in [6, 6.07) is 11.4. The van der Waals surface area contributed by atoms with Gasteiger partial charge in [-0.05, 0) is 119 Å². The Bertz CT molecular complexity index is 1910. The highest BCUT2D eigenvalue weighted by molar-refractivity contribution is 7.90. The van der Waals surface area contributed by atoms with Crippen LogP contribution in [0.15, 0.2) is 53.1 Å². The third kappa shape index (κ3) is 6.29. The quantitative estimate of drug-likeness (QED) is 0.291. The van der Waals surface area contributed by atoms with Gasteiger partial charge in [-0.25, -0.2) is 13.1 Å². The average Bonchev–Trinajstić information content (AvgIpc) is 3.26. The molecule has 2 aliphatic carbocycles. The van der Waals surface area contributed by atoms with Crippen molar-refractivity contribution < 1.29 is 27.6 Å². The zero-order chi connectivity index (χ0) is 34.7. The lowest BCUT2D eigenvalue weighted by molar-refractivity contribution is -0.0457. The smallest absolute Gasteiger partial charge is 0.264 e. The number of nitrogens with zero attached hydrogens (tertiary/aromatic N) is 2. The van der Waals surface area contributed by atoms with Crippen molar-refractivity contribution in [2.75, 3.05) is 24.6 Å². The van der Waals surface area contributed by atoms with Crippen LogP contribution in [0.25, 0.3) is 0 Å². The number of benzene rings is 2. The van der Waals surface area contributed by atoms with Gasteiger partial charge in [0.25, 0.3) is 5.91 Å². The van der Waals surface area contributed by atoms with Gasteiger partial charge >= 0.3 is 0 Å². The minimum atomic E-state index is -4.00. The summed E-state index contributed by atoms with van der Waals surface area (Å²) in [5, 5.41) is 16.8. The summed E-state index contributed by atoms with van der Waals surface area (Å²) in [7, 11) is -4.00. The minimum absolute atomic E-state index is 0.0722. The van der Waals surface area contributed by atoms with E-state index in [1.807, 2.05) is 39.0 Å². The molecule has 2 bridgehead atoms. The second-order valence-electron chi connectivity index (χ2n) is 15.0. The van der Waals surface area contributed by atoms with Crippen molar-refractivity contribution in [2.45, 2.75) is 88.9 Å². The average molecular weight is 708 g/mol. The van der Waals surface area contributed by atoms with E-state index in [9.17, 15) is 18.3 Å². The van der Waals surface area contributed by atoms with Crippen molar-refractivity contribution >= 4 is 33.2 Å². The van der Waals surface area contributed by atoms with E-state index in [4.69, 9.17) is 20.9 Å². The molecule has 3 heterocycles. The van der Waals surface area contributed by atoms with Gasteiger partial charge in [0, 0.05) is 41.1 Å². The van der Waals surface area contributed by atoms with E-state index >= 15 is 0 Å². The molecule has 0 saturated heterocycles. The molecule has 6 atom stereocenters. The topological polar surface area (TPSA) is 122 Å². The maximum absolute atomic E-state index is 13.5. The second kappa shape index (κ2) is 12.8. The van der Waals surface area contributed by atoms with E-state index in [1.165, 1.54) is 11.1 Å². The first-order valence-electron chi connectivity index (χ1n) is 17.5. The van der Waals surface area contributed by atoms with Crippen LogP contribution in [0.3, 0.4) is 0 Å². The third-order valence-corrected chi connectivity index (χ3v) is 14.1. The van der Waals surface area contributed by atoms with E-state index in [1.54, 1.807) is 25.1 Å². The third-order valence-electron chi connectivity index (χ3n) is 12.0. The number of amides is 1. The highest BCUT2D eigenvalue weighted by Gasteiger charge is 2.48. The molecular weight excluding hydrogens is 662 g/mol. The van der Waals surface area contributed by atoms with Crippen LogP contribution >= 0.6 is 11.6 Å². The lowest BCUT2D eigenvalue weighted by Crippen LogP contribution is -2.53. The maximum atomic E-state index is 13.5. The monoisotopic (exact) mass is 707 g/mol. The highest BCUT2D eigenvalue weighted by Crippen LogP contribution is 2.49. The summed E-state index contributed by atoms with van der Waals surface area (Å²) in [5.41, 5.74) is 3.59. The van der Waals surface area contributed by atoms with Gasteiger partial charge in [0.05, 0.1) is 28.8 Å². The summed E-state index contributed by atoms with van der Waals surface area (Å²) in [4.78, 5) is 15.9. The van der Waals surface area contributed by atoms with E-state index in [2.05, 4.69) is 26.9 Å². The summed E-state index contributed by atoms with van der Waals surface area (Å²) in [5.74, 6) is 0.480. The number of nitrogens with one attached hydrogen (secondary N) is 1. The fourth-order valence-corrected chi connectivity index (χ4v) is 9.94. The van der Waals surface area contributed by atoms with Crippen LogP contribution in [0.5, 0.6) is 5.75 Å². The van der Waals surface area contributed by atoms with Crippen LogP contribution in [0.1, 0.15) is 84.5 Å². The van der Waals surface area contributed by atoms with Gasteiger partial charge < -0.3 is 19.3 Å². The van der Waals surface area contributed by atoms with Crippen molar-refractivity contribution in [1.82, 2.24) is 9.88 Å². The van der Waals surface area contributed by atoms with Crippen LogP contribution in [-0.2, 0) is 28.3 Å². The predicted octanol–water partition coefficient (Wildman–Crippen LogP) is 6.46. The number of anilines is 1. The molecule has 2 aromatic carbocycles. The molecule has 2 N–H and O–H groups in total. The number of aryl methyl sites for hydroxylation is 2. The zero-order valence-corrected chi connectivity index (χ0v) is 30.2. The number of halogens is 1. The van der Waals surface area contributed by atoms with E-state index in [0.29, 0.717) is 38.3 Å². The first-order valence-corrected chi connectivity index (χ1v) is 19.4. The first kappa shape index (κ1) is 34.1. The predicted molar refractivity (Wildman–Crippen MR) is 190 cm³/mol. The number of rotatable bonds is 2. The number of hydrogen-bond donors (Lipinski definition) is 2. The molecule has 11 heteroatoms. The Morgan fingerprint density at radius 1 is 1.14 bits per heavy atom. The van der Waals surface area contributed by atoms with Gasteiger partial charge in [-0.15, -0.1) is 0 Å². The molecule has 7 rings (SSSR count). The zero-order valence-electron chi connectivity index (χ0n) is 28.7. The number of carbonyl (C=O) groups is 1. The molecule has 0 radical (unpaired) electrons.